The molecule has 0 saturated heterocycles. The van der Waals surface area contributed by atoms with Crippen LogP contribution in [-0.2, 0) is 0 Å². The zero-order valence-electron chi connectivity index (χ0n) is 10.4. The second-order valence-electron chi connectivity index (χ2n) is 4.53. The number of hydrogen-bond donors (Lipinski definition) is 2. The highest BCUT2D eigenvalue weighted by atomic mass is 15.3. The lowest BCUT2D eigenvalue weighted by atomic mass is 10.2. The van der Waals surface area contributed by atoms with E-state index in [0.717, 1.165) is 22.8 Å². The molecule has 0 aliphatic carbocycles. The fraction of sp³-hybridized carbons (Fsp3) is 0.308. The highest BCUT2D eigenvalue weighted by Crippen LogP contribution is 2.20. The maximum absolute atomic E-state index is 5.80. The zero-order valence-corrected chi connectivity index (χ0v) is 10.4. The average molecular weight is 230 g/mol. The summed E-state index contributed by atoms with van der Waals surface area (Å²) in [5, 5.41) is 7.68. The maximum Gasteiger partial charge on any atom is 0.152 e. The quantitative estimate of drug-likeness (QED) is 0.797. The van der Waals surface area contributed by atoms with Crippen LogP contribution in [0.2, 0.25) is 0 Å². The number of hydrogen-bond acceptors (Lipinski definition) is 3. The summed E-state index contributed by atoms with van der Waals surface area (Å²) in [4.78, 5) is 0. The second kappa shape index (κ2) is 4.49. The molecule has 90 valence electrons. The molecule has 4 heteroatoms. The van der Waals surface area contributed by atoms with Crippen LogP contribution < -0.4 is 11.1 Å². The summed E-state index contributed by atoms with van der Waals surface area (Å²) in [5.41, 5.74) is 8.66. The van der Waals surface area contributed by atoms with E-state index in [1.165, 1.54) is 0 Å². The number of nitrogen functional groups attached to an aromatic ring is 1. The first-order valence-corrected chi connectivity index (χ1v) is 5.74. The highest BCUT2D eigenvalue weighted by Gasteiger charge is 2.03. The maximum atomic E-state index is 5.80. The molecular weight excluding hydrogens is 212 g/mol. The number of benzene rings is 1. The molecule has 0 spiro atoms. The third-order valence-corrected chi connectivity index (χ3v) is 2.51. The van der Waals surface area contributed by atoms with Crippen molar-refractivity contribution in [1.29, 1.82) is 0 Å². The number of rotatable bonds is 3. The summed E-state index contributed by atoms with van der Waals surface area (Å²) in [6.45, 7) is 6.22. The molecule has 0 atom stereocenters. The molecule has 0 amide bonds. The van der Waals surface area contributed by atoms with E-state index in [9.17, 15) is 0 Å². The predicted octanol–water partition coefficient (Wildman–Crippen LogP) is 3.10. The molecule has 0 radical (unpaired) electrons. The first-order chi connectivity index (χ1) is 8.04. The molecular formula is C13H18N4. The van der Waals surface area contributed by atoms with Crippen molar-refractivity contribution in [3.63, 3.8) is 0 Å². The van der Waals surface area contributed by atoms with Gasteiger partial charge in [0.25, 0.3) is 0 Å². The Morgan fingerprint density at radius 1 is 1.29 bits per heavy atom. The van der Waals surface area contributed by atoms with Gasteiger partial charge < -0.3 is 11.1 Å². The van der Waals surface area contributed by atoms with Gasteiger partial charge in [0, 0.05) is 29.7 Å². The Kier molecular flexibility index (Phi) is 3.04. The van der Waals surface area contributed by atoms with Crippen molar-refractivity contribution in [2.24, 2.45) is 0 Å². The lowest BCUT2D eigenvalue weighted by Gasteiger charge is -2.07. The standard InChI is InChI=1S/C13H18N4/c1-9(2)17-5-4-13(16-17)15-12-7-10(3)6-11(14)8-12/h4-9H,14H2,1-3H3,(H,15,16). The summed E-state index contributed by atoms with van der Waals surface area (Å²) in [6.07, 6.45) is 1.96. The third kappa shape index (κ3) is 2.78. The van der Waals surface area contributed by atoms with E-state index in [1.54, 1.807) is 0 Å². The normalized spacial score (nSPS) is 10.8. The molecule has 0 saturated carbocycles. The second-order valence-corrected chi connectivity index (χ2v) is 4.53. The highest BCUT2D eigenvalue weighted by molar-refractivity contribution is 5.62. The average Bonchev–Trinajstić information content (AvgIpc) is 2.64. The molecule has 1 aromatic carbocycles. The van der Waals surface area contributed by atoms with E-state index in [2.05, 4.69) is 24.3 Å². The summed E-state index contributed by atoms with van der Waals surface area (Å²) in [7, 11) is 0. The molecule has 4 nitrogen and oxygen atoms in total. The number of nitrogens with zero attached hydrogens (tertiary/aromatic N) is 2. The molecule has 0 bridgehead atoms. The molecule has 1 aromatic heterocycles. The molecule has 2 aromatic rings. The van der Waals surface area contributed by atoms with Crippen molar-refractivity contribution in [3.05, 3.63) is 36.0 Å². The summed E-state index contributed by atoms with van der Waals surface area (Å²) in [6, 6.07) is 8.22. The molecule has 3 N–H and O–H groups in total. The minimum atomic E-state index is 0.369. The van der Waals surface area contributed by atoms with Crippen LogP contribution in [0.5, 0.6) is 0 Å². The van der Waals surface area contributed by atoms with Gasteiger partial charge in [-0.15, -0.1) is 0 Å². The van der Waals surface area contributed by atoms with Gasteiger partial charge in [0.1, 0.15) is 0 Å². The first kappa shape index (κ1) is 11.5. The van der Waals surface area contributed by atoms with Crippen molar-refractivity contribution in [1.82, 2.24) is 9.78 Å². The third-order valence-electron chi connectivity index (χ3n) is 2.51. The van der Waals surface area contributed by atoms with Crippen molar-refractivity contribution in [3.8, 4) is 0 Å². The van der Waals surface area contributed by atoms with Crippen LogP contribution in [-0.4, -0.2) is 9.78 Å². The summed E-state index contributed by atoms with van der Waals surface area (Å²) in [5.74, 6) is 0.837. The Bertz CT molecular complexity index is 494. The van der Waals surface area contributed by atoms with Crippen LogP contribution >= 0.6 is 0 Å². The molecule has 0 aliphatic rings. The van der Waals surface area contributed by atoms with Gasteiger partial charge in [-0.3, -0.25) is 4.68 Å². The molecule has 0 aliphatic heterocycles. The van der Waals surface area contributed by atoms with E-state index in [1.807, 2.05) is 42.1 Å². The number of nitrogens with one attached hydrogen (secondary N) is 1. The van der Waals surface area contributed by atoms with Gasteiger partial charge >= 0.3 is 0 Å². The van der Waals surface area contributed by atoms with E-state index in [4.69, 9.17) is 5.73 Å². The predicted molar refractivity (Wildman–Crippen MR) is 71.5 cm³/mol. The van der Waals surface area contributed by atoms with Gasteiger partial charge in [-0.2, -0.15) is 5.10 Å². The lowest BCUT2D eigenvalue weighted by molar-refractivity contribution is 0.534. The van der Waals surface area contributed by atoms with Crippen molar-refractivity contribution >= 4 is 17.2 Å². The van der Waals surface area contributed by atoms with Gasteiger partial charge in [0.2, 0.25) is 0 Å². The molecule has 0 unspecified atom stereocenters. The Hall–Kier alpha value is -1.97. The van der Waals surface area contributed by atoms with E-state index >= 15 is 0 Å². The Balaban J connectivity index is 2.19. The van der Waals surface area contributed by atoms with Crippen molar-refractivity contribution in [2.45, 2.75) is 26.8 Å². The fourth-order valence-corrected chi connectivity index (χ4v) is 1.73. The summed E-state index contributed by atoms with van der Waals surface area (Å²) < 4.78 is 1.92. The molecule has 1 heterocycles. The van der Waals surface area contributed by atoms with Gasteiger partial charge in [-0.05, 0) is 44.5 Å². The lowest BCUT2D eigenvalue weighted by Crippen LogP contribution is -2.02. The number of anilines is 3. The summed E-state index contributed by atoms with van der Waals surface area (Å²) >= 11 is 0. The van der Waals surface area contributed by atoms with E-state index < -0.39 is 0 Å². The van der Waals surface area contributed by atoms with Crippen molar-refractivity contribution in [2.75, 3.05) is 11.1 Å². The SMILES string of the molecule is Cc1cc(N)cc(Nc2ccn(C(C)C)n2)c1. The zero-order chi connectivity index (χ0) is 12.4. The van der Waals surface area contributed by atoms with Crippen molar-refractivity contribution < 1.29 is 0 Å². The van der Waals surface area contributed by atoms with Crippen LogP contribution in [0, 0.1) is 6.92 Å². The van der Waals surface area contributed by atoms with E-state index in [0.29, 0.717) is 6.04 Å². The smallest absolute Gasteiger partial charge is 0.152 e. The van der Waals surface area contributed by atoms with Gasteiger partial charge in [-0.1, -0.05) is 0 Å². The van der Waals surface area contributed by atoms with Crippen LogP contribution in [0.3, 0.4) is 0 Å². The van der Waals surface area contributed by atoms with Gasteiger partial charge in [-0.25, -0.2) is 0 Å². The molecule has 0 fully saturated rings. The van der Waals surface area contributed by atoms with Gasteiger partial charge in [0.05, 0.1) is 0 Å². The van der Waals surface area contributed by atoms with Crippen LogP contribution in [0.4, 0.5) is 17.2 Å². The number of aromatic nitrogens is 2. The minimum absolute atomic E-state index is 0.369. The molecule has 2 rings (SSSR count). The number of aryl methyl sites for hydroxylation is 1. The monoisotopic (exact) mass is 230 g/mol. The fourth-order valence-electron chi connectivity index (χ4n) is 1.73. The molecule has 17 heavy (non-hydrogen) atoms. The van der Waals surface area contributed by atoms with E-state index in [-0.39, 0.29) is 0 Å². The van der Waals surface area contributed by atoms with Crippen LogP contribution in [0.15, 0.2) is 30.5 Å². The van der Waals surface area contributed by atoms with Crippen LogP contribution in [0.25, 0.3) is 0 Å². The van der Waals surface area contributed by atoms with Crippen LogP contribution in [0.1, 0.15) is 25.5 Å². The largest absolute Gasteiger partial charge is 0.399 e. The Morgan fingerprint density at radius 2 is 2.06 bits per heavy atom. The minimum Gasteiger partial charge on any atom is -0.399 e. The van der Waals surface area contributed by atoms with Gasteiger partial charge in [0.15, 0.2) is 5.82 Å². The Labute approximate surface area is 101 Å². The Morgan fingerprint density at radius 3 is 2.65 bits per heavy atom. The topological polar surface area (TPSA) is 55.9 Å². The number of nitrogens with two attached hydrogens (primary N) is 1. The first-order valence-electron chi connectivity index (χ1n) is 5.74.